The Labute approximate surface area is 123 Å². The van der Waals surface area contributed by atoms with E-state index in [9.17, 15) is 4.79 Å². The zero-order chi connectivity index (χ0) is 14.4. The first kappa shape index (κ1) is 14.9. The highest BCUT2D eigenvalue weighted by atomic mass is 32.2. The number of aryl methyl sites for hydroxylation is 1. The zero-order valence-electron chi connectivity index (χ0n) is 11.7. The molecular weight excluding hydrogens is 272 g/mol. The predicted molar refractivity (Wildman–Crippen MR) is 83.5 cm³/mol. The summed E-state index contributed by atoms with van der Waals surface area (Å²) >= 11 is 1.89. The lowest BCUT2D eigenvalue weighted by molar-refractivity contribution is 0.0697. The summed E-state index contributed by atoms with van der Waals surface area (Å²) in [7, 11) is 0. The molecule has 0 bridgehead atoms. The van der Waals surface area contributed by atoms with Gasteiger partial charge in [-0.1, -0.05) is 12.8 Å². The van der Waals surface area contributed by atoms with Crippen LogP contribution in [0.3, 0.4) is 0 Å². The Morgan fingerprint density at radius 2 is 2.10 bits per heavy atom. The van der Waals surface area contributed by atoms with E-state index in [2.05, 4.69) is 15.8 Å². The van der Waals surface area contributed by atoms with Crippen molar-refractivity contribution in [3.63, 3.8) is 0 Å². The Hall–Kier alpha value is -1.49. The molecule has 20 heavy (non-hydrogen) atoms. The largest absolute Gasteiger partial charge is 0.478 e. The number of carbonyl (C=O) groups is 1. The first-order valence-electron chi connectivity index (χ1n) is 6.89. The highest BCUT2D eigenvalue weighted by molar-refractivity contribution is 7.98. The van der Waals surface area contributed by atoms with E-state index in [4.69, 9.17) is 5.11 Å². The predicted octanol–water partition coefficient (Wildman–Crippen LogP) is 3.66. The summed E-state index contributed by atoms with van der Waals surface area (Å²) in [4.78, 5) is 15.3. The number of nitrogens with zero attached hydrogens (tertiary/aromatic N) is 2. The van der Waals surface area contributed by atoms with Crippen LogP contribution in [0.25, 0.3) is 11.0 Å². The van der Waals surface area contributed by atoms with E-state index in [-0.39, 0.29) is 0 Å². The van der Waals surface area contributed by atoms with Crippen molar-refractivity contribution in [2.24, 2.45) is 0 Å². The highest BCUT2D eigenvalue weighted by Gasteiger charge is 2.07. The lowest BCUT2D eigenvalue weighted by Gasteiger charge is -2.05. The van der Waals surface area contributed by atoms with Crippen LogP contribution in [0.5, 0.6) is 0 Å². The quantitative estimate of drug-likeness (QED) is 0.754. The number of fused-ring (bicyclic) bond motifs is 1. The number of rotatable bonds is 8. The summed E-state index contributed by atoms with van der Waals surface area (Å²) in [5.41, 5.74) is 2.09. The third-order valence-corrected chi connectivity index (χ3v) is 4.06. The van der Waals surface area contributed by atoms with E-state index >= 15 is 0 Å². The third kappa shape index (κ3) is 3.76. The molecule has 108 valence electrons. The molecule has 1 aromatic carbocycles. The summed E-state index contributed by atoms with van der Waals surface area (Å²) in [6, 6.07) is 5.08. The summed E-state index contributed by atoms with van der Waals surface area (Å²) in [6.45, 7) is 0.902. The molecule has 4 nitrogen and oxygen atoms in total. The molecule has 1 aromatic heterocycles. The van der Waals surface area contributed by atoms with Gasteiger partial charge in [0.1, 0.15) is 0 Å². The van der Waals surface area contributed by atoms with Gasteiger partial charge >= 0.3 is 5.97 Å². The molecule has 0 atom stereocenters. The van der Waals surface area contributed by atoms with Crippen LogP contribution in [0.15, 0.2) is 24.5 Å². The van der Waals surface area contributed by atoms with Crippen LogP contribution < -0.4 is 0 Å². The van der Waals surface area contributed by atoms with E-state index in [0.29, 0.717) is 5.56 Å². The number of aromatic carboxylic acids is 1. The molecule has 0 saturated heterocycles. The van der Waals surface area contributed by atoms with E-state index < -0.39 is 5.97 Å². The summed E-state index contributed by atoms with van der Waals surface area (Å²) in [5, 5.41) is 9.04. The van der Waals surface area contributed by atoms with Gasteiger partial charge in [0.2, 0.25) is 0 Å². The molecule has 2 aromatic rings. The van der Waals surface area contributed by atoms with Crippen molar-refractivity contribution < 1.29 is 9.90 Å². The molecule has 5 heteroatoms. The van der Waals surface area contributed by atoms with Crippen LogP contribution in [-0.4, -0.2) is 32.6 Å². The minimum Gasteiger partial charge on any atom is -0.478 e. The minimum atomic E-state index is -0.892. The molecule has 0 amide bonds. The number of benzene rings is 1. The molecule has 0 aliphatic heterocycles. The highest BCUT2D eigenvalue weighted by Crippen LogP contribution is 2.16. The van der Waals surface area contributed by atoms with Crippen molar-refractivity contribution in [2.45, 2.75) is 32.2 Å². The second kappa shape index (κ2) is 7.33. The van der Waals surface area contributed by atoms with Gasteiger partial charge in [0.05, 0.1) is 22.9 Å². The summed E-state index contributed by atoms with van der Waals surface area (Å²) < 4.78 is 2.05. The Morgan fingerprint density at radius 1 is 1.30 bits per heavy atom. The van der Waals surface area contributed by atoms with E-state index in [1.54, 1.807) is 24.5 Å². The van der Waals surface area contributed by atoms with Crippen LogP contribution in [0.2, 0.25) is 0 Å². The van der Waals surface area contributed by atoms with Gasteiger partial charge in [0.25, 0.3) is 0 Å². The fraction of sp³-hybridized carbons (Fsp3) is 0.467. The van der Waals surface area contributed by atoms with E-state index in [1.807, 2.05) is 11.8 Å². The molecule has 2 rings (SSSR count). The lowest BCUT2D eigenvalue weighted by Crippen LogP contribution is -1.99. The SMILES string of the molecule is CSCCCCCCn1cnc2ccc(C(=O)O)cc21. The zero-order valence-corrected chi connectivity index (χ0v) is 12.5. The number of thioether (sulfide) groups is 1. The van der Waals surface area contributed by atoms with Crippen LogP contribution in [0.4, 0.5) is 0 Å². The van der Waals surface area contributed by atoms with Crippen molar-refractivity contribution >= 4 is 28.8 Å². The number of hydrogen-bond acceptors (Lipinski definition) is 3. The first-order valence-corrected chi connectivity index (χ1v) is 8.29. The average molecular weight is 292 g/mol. The lowest BCUT2D eigenvalue weighted by atomic mass is 10.2. The smallest absolute Gasteiger partial charge is 0.335 e. The number of aromatic nitrogens is 2. The van der Waals surface area contributed by atoms with Gasteiger partial charge in [-0.25, -0.2) is 9.78 Å². The summed E-state index contributed by atoms with van der Waals surface area (Å²) in [6.07, 6.45) is 8.79. The van der Waals surface area contributed by atoms with E-state index in [1.165, 1.54) is 25.0 Å². The average Bonchev–Trinajstić information content (AvgIpc) is 2.85. The van der Waals surface area contributed by atoms with Crippen LogP contribution >= 0.6 is 11.8 Å². The fourth-order valence-corrected chi connectivity index (χ4v) is 2.74. The van der Waals surface area contributed by atoms with Crippen LogP contribution in [-0.2, 0) is 6.54 Å². The Balaban J connectivity index is 1.96. The molecule has 0 unspecified atom stereocenters. The van der Waals surface area contributed by atoms with Crippen LogP contribution in [0.1, 0.15) is 36.0 Å². The van der Waals surface area contributed by atoms with Crippen molar-refractivity contribution in [1.82, 2.24) is 9.55 Å². The number of hydrogen-bond donors (Lipinski definition) is 1. The maximum atomic E-state index is 11.0. The first-order chi connectivity index (χ1) is 9.72. The molecule has 0 fully saturated rings. The molecule has 0 radical (unpaired) electrons. The van der Waals surface area contributed by atoms with E-state index in [0.717, 1.165) is 24.0 Å². The molecule has 1 heterocycles. The minimum absolute atomic E-state index is 0.319. The monoisotopic (exact) mass is 292 g/mol. The number of carboxylic acids is 1. The van der Waals surface area contributed by atoms with Crippen molar-refractivity contribution in [3.8, 4) is 0 Å². The molecule has 1 N–H and O–H groups in total. The van der Waals surface area contributed by atoms with Crippen molar-refractivity contribution in [1.29, 1.82) is 0 Å². The molecule has 0 saturated carbocycles. The van der Waals surface area contributed by atoms with Crippen molar-refractivity contribution in [3.05, 3.63) is 30.1 Å². The van der Waals surface area contributed by atoms with Crippen molar-refractivity contribution in [2.75, 3.05) is 12.0 Å². The second-order valence-electron chi connectivity index (χ2n) is 4.85. The van der Waals surface area contributed by atoms with Gasteiger partial charge in [-0.2, -0.15) is 11.8 Å². The molecular formula is C15H20N2O2S. The number of carboxylic acid groups (broad SMARTS) is 1. The van der Waals surface area contributed by atoms with Gasteiger partial charge in [-0.05, 0) is 43.0 Å². The number of unbranched alkanes of at least 4 members (excludes halogenated alkanes) is 3. The molecule has 0 spiro atoms. The van der Waals surface area contributed by atoms with Gasteiger partial charge < -0.3 is 9.67 Å². The van der Waals surface area contributed by atoms with Gasteiger partial charge in [0.15, 0.2) is 0 Å². The van der Waals surface area contributed by atoms with Gasteiger partial charge in [-0.15, -0.1) is 0 Å². The standard InChI is InChI=1S/C15H20N2O2S/c1-20-9-5-3-2-4-8-17-11-16-13-7-6-12(15(18)19)10-14(13)17/h6-7,10-11H,2-5,8-9H2,1H3,(H,18,19). The maximum absolute atomic E-state index is 11.0. The van der Waals surface area contributed by atoms with Crippen LogP contribution in [0, 0.1) is 0 Å². The summed E-state index contributed by atoms with van der Waals surface area (Å²) in [5.74, 6) is 0.340. The Morgan fingerprint density at radius 3 is 2.85 bits per heavy atom. The Bertz CT molecular complexity index is 580. The second-order valence-corrected chi connectivity index (χ2v) is 5.84. The Kier molecular flexibility index (Phi) is 5.47. The topological polar surface area (TPSA) is 55.1 Å². The van der Waals surface area contributed by atoms with Gasteiger partial charge in [0, 0.05) is 6.54 Å². The fourth-order valence-electron chi connectivity index (χ4n) is 2.25. The van der Waals surface area contributed by atoms with Gasteiger partial charge in [-0.3, -0.25) is 0 Å². The molecule has 0 aliphatic carbocycles. The number of imidazole rings is 1. The third-order valence-electron chi connectivity index (χ3n) is 3.37. The molecule has 0 aliphatic rings. The normalized spacial score (nSPS) is 11.1. The maximum Gasteiger partial charge on any atom is 0.335 e.